The van der Waals surface area contributed by atoms with E-state index < -0.39 is 5.97 Å². The lowest BCUT2D eigenvalue weighted by atomic mass is 10.1. The van der Waals surface area contributed by atoms with Crippen molar-refractivity contribution in [1.29, 1.82) is 0 Å². The summed E-state index contributed by atoms with van der Waals surface area (Å²) in [5.41, 5.74) is 1.58. The topological polar surface area (TPSA) is 65.5 Å². The van der Waals surface area contributed by atoms with Gasteiger partial charge in [0.2, 0.25) is 0 Å². The number of hydrogen-bond donors (Lipinski definition) is 0. The molecule has 0 aliphatic heterocycles. The first-order valence-electron chi connectivity index (χ1n) is 8.05. The molecule has 0 atom stereocenters. The molecule has 0 saturated heterocycles. The highest BCUT2D eigenvalue weighted by Gasteiger charge is 2.16. The maximum Gasteiger partial charge on any atom is 0.358 e. The van der Waals surface area contributed by atoms with Gasteiger partial charge in [-0.3, -0.25) is 4.79 Å². The fourth-order valence-corrected chi connectivity index (χ4v) is 3.50. The van der Waals surface area contributed by atoms with E-state index >= 15 is 0 Å². The smallest absolute Gasteiger partial charge is 0.358 e. The Bertz CT molecular complexity index is 933. The molecule has 0 spiro atoms. The third-order valence-electron chi connectivity index (χ3n) is 3.80. The Morgan fingerprint density at radius 3 is 2.41 bits per heavy atom. The van der Waals surface area contributed by atoms with Crippen LogP contribution >= 0.6 is 23.1 Å². The predicted molar refractivity (Wildman–Crippen MR) is 107 cm³/mol. The molecule has 0 unspecified atom stereocenters. The Kier molecular flexibility index (Phi) is 6.26. The predicted octanol–water partition coefficient (Wildman–Crippen LogP) is 4.58. The lowest BCUT2D eigenvalue weighted by molar-refractivity contribution is 0.0470. The number of thiazole rings is 1. The molecule has 0 saturated carbocycles. The molecule has 3 aromatic rings. The highest BCUT2D eigenvalue weighted by Crippen LogP contribution is 2.26. The van der Waals surface area contributed by atoms with Gasteiger partial charge in [-0.05, 0) is 42.7 Å². The highest BCUT2D eigenvalue weighted by molar-refractivity contribution is 7.98. The van der Waals surface area contributed by atoms with Crippen molar-refractivity contribution in [2.45, 2.75) is 4.90 Å². The van der Waals surface area contributed by atoms with E-state index in [0.29, 0.717) is 10.6 Å². The van der Waals surface area contributed by atoms with E-state index in [9.17, 15) is 9.59 Å². The maximum absolute atomic E-state index is 12.2. The van der Waals surface area contributed by atoms with Gasteiger partial charge in [-0.15, -0.1) is 23.1 Å². The first kappa shape index (κ1) is 19.1. The van der Waals surface area contributed by atoms with Crippen molar-refractivity contribution in [3.05, 3.63) is 65.2 Å². The second-order valence-corrected chi connectivity index (χ2v) is 7.23. The van der Waals surface area contributed by atoms with Crippen molar-refractivity contribution >= 4 is 34.9 Å². The van der Waals surface area contributed by atoms with E-state index in [0.717, 1.165) is 16.2 Å². The number of ether oxygens (including phenoxy) is 2. The van der Waals surface area contributed by atoms with Crippen molar-refractivity contribution in [2.24, 2.45) is 0 Å². The lowest BCUT2D eigenvalue weighted by Gasteiger charge is -2.03. The summed E-state index contributed by atoms with van der Waals surface area (Å²) < 4.78 is 10.2. The third kappa shape index (κ3) is 4.75. The van der Waals surface area contributed by atoms with Crippen LogP contribution in [0, 0.1) is 0 Å². The van der Waals surface area contributed by atoms with E-state index in [-0.39, 0.29) is 18.1 Å². The zero-order valence-corrected chi connectivity index (χ0v) is 16.4. The Morgan fingerprint density at radius 2 is 1.78 bits per heavy atom. The number of ketones is 1. The van der Waals surface area contributed by atoms with Gasteiger partial charge in [-0.2, -0.15) is 0 Å². The van der Waals surface area contributed by atoms with Gasteiger partial charge >= 0.3 is 5.97 Å². The minimum absolute atomic E-state index is 0.191. The number of aromatic nitrogens is 1. The molecule has 27 heavy (non-hydrogen) atoms. The van der Waals surface area contributed by atoms with Crippen molar-refractivity contribution in [3.8, 4) is 16.3 Å². The molecule has 3 rings (SSSR count). The van der Waals surface area contributed by atoms with Crippen molar-refractivity contribution < 1.29 is 19.1 Å². The molecular formula is C20H17NO4S2. The number of benzene rings is 2. The summed E-state index contributed by atoms with van der Waals surface area (Å²) in [7, 11) is 1.60. The molecule has 0 N–H and O–H groups in total. The van der Waals surface area contributed by atoms with Gasteiger partial charge in [0.1, 0.15) is 10.8 Å². The van der Waals surface area contributed by atoms with Crippen molar-refractivity contribution in [3.63, 3.8) is 0 Å². The summed E-state index contributed by atoms with van der Waals surface area (Å²) in [6.07, 6.45) is 1.96. The molecule has 0 aliphatic carbocycles. The largest absolute Gasteiger partial charge is 0.497 e. The number of Topliss-reactive ketones (excluding diaryl/α,β-unsaturated/α-hetero) is 1. The number of nitrogens with zero attached hydrogens (tertiary/aromatic N) is 1. The summed E-state index contributed by atoms with van der Waals surface area (Å²) >= 11 is 2.94. The molecule has 138 valence electrons. The van der Waals surface area contributed by atoms with Crippen LogP contribution < -0.4 is 4.74 Å². The fourth-order valence-electron chi connectivity index (χ4n) is 2.30. The van der Waals surface area contributed by atoms with Crippen LogP contribution in [0.4, 0.5) is 0 Å². The fraction of sp³-hybridized carbons (Fsp3) is 0.150. The van der Waals surface area contributed by atoms with Crippen LogP contribution in [0.25, 0.3) is 10.6 Å². The molecule has 0 bridgehead atoms. The van der Waals surface area contributed by atoms with Gasteiger partial charge in [-0.1, -0.05) is 12.1 Å². The summed E-state index contributed by atoms with van der Waals surface area (Å²) in [5.74, 6) is -0.110. The second-order valence-electron chi connectivity index (χ2n) is 5.49. The van der Waals surface area contributed by atoms with Gasteiger partial charge in [0, 0.05) is 21.4 Å². The van der Waals surface area contributed by atoms with E-state index in [4.69, 9.17) is 9.47 Å². The average Bonchev–Trinajstić information content (AvgIpc) is 3.22. The molecule has 2 aromatic carbocycles. The molecule has 0 aliphatic rings. The van der Waals surface area contributed by atoms with E-state index in [1.54, 1.807) is 36.4 Å². The Labute approximate surface area is 165 Å². The second kappa shape index (κ2) is 8.83. The molecule has 1 aromatic heterocycles. The maximum atomic E-state index is 12.2. The van der Waals surface area contributed by atoms with Crippen LogP contribution in [-0.2, 0) is 4.74 Å². The number of carbonyl (C=O) groups is 2. The van der Waals surface area contributed by atoms with E-state index in [1.807, 2.05) is 42.7 Å². The SMILES string of the molecule is COc1ccc(-c2nc(C(=O)OCC(=O)c3ccc(SC)cc3)cs2)cc1. The third-order valence-corrected chi connectivity index (χ3v) is 5.43. The number of esters is 1. The van der Waals surface area contributed by atoms with Gasteiger partial charge in [0.25, 0.3) is 0 Å². The van der Waals surface area contributed by atoms with Crippen LogP contribution in [0.5, 0.6) is 5.75 Å². The lowest BCUT2D eigenvalue weighted by Crippen LogP contribution is -2.14. The highest BCUT2D eigenvalue weighted by atomic mass is 32.2. The minimum atomic E-state index is -0.611. The molecule has 1 heterocycles. The van der Waals surface area contributed by atoms with Crippen LogP contribution in [0.3, 0.4) is 0 Å². The zero-order valence-electron chi connectivity index (χ0n) is 14.8. The van der Waals surface area contributed by atoms with Crippen LogP contribution in [-0.4, -0.2) is 36.7 Å². The quantitative estimate of drug-likeness (QED) is 0.329. The molecule has 0 radical (unpaired) electrons. The number of carbonyl (C=O) groups excluding carboxylic acids is 2. The molecular weight excluding hydrogens is 382 g/mol. The Hall–Kier alpha value is -2.64. The summed E-state index contributed by atoms with van der Waals surface area (Å²) in [5, 5.41) is 2.32. The molecule has 7 heteroatoms. The summed E-state index contributed by atoms with van der Waals surface area (Å²) in [6, 6.07) is 14.6. The van der Waals surface area contributed by atoms with E-state index in [1.165, 1.54) is 11.3 Å². The summed E-state index contributed by atoms with van der Waals surface area (Å²) in [4.78, 5) is 29.7. The van der Waals surface area contributed by atoms with Crippen molar-refractivity contribution in [1.82, 2.24) is 4.98 Å². The van der Waals surface area contributed by atoms with Gasteiger partial charge in [-0.25, -0.2) is 9.78 Å². The number of thioether (sulfide) groups is 1. The van der Waals surface area contributed by atoms with Gasteiger partial charge in [0.05, 0.1) is 7.11 Å². The van der Waals surface area contributed by atoms with Crippen molar-refractivity contribution in [2.75, 3.05) is 20.0 Å². The number of rotatable bonds is 7. The average molecular weight is 399 g/mol. The molecule has 5 nitrogen and oxygen atoms in total. The Balaban J connectivity index is 1.60. The number of methoxy groups -OCH3 is 1. The zero-order chi connectivity index (χ0) is 19.2. The summed E-state index contributed by atoms with van der Waals surface area (Å²) in [6.45, 7) is -0.313. The van der Waals surface area contributed by atoms with Gasteiger partial charge in [0.15, 0.2) is 18.1 Å². The minimum Gasteiger partial charge on any atom is -0.497 e. The first-order chi connectivity index (χ1) is 13.1. The number of hydrogen-bond acceptors (Lipinski definition) is 7. The molecule has 0 amide bonds. The molecule has 0 fully saturated rings. The first-order valence-corrected chi connectivity index (χ1v) is 10.2. The Morgan fingerprint density at radius 1 is 1.07 bits per heavy atom. The normalized spacial score (nSPS) is 10.4. The van der Waals surface area contributed by atoms with Crippen LogP contribution in [0.2, 0.25) is 0 Å². The monoisotopic (exact) mass is 399 g/mol. The van der Waals surface area contributed by atoms with Crippen LogP contribution in [0.15, 0.2) is 58.8 Å². The standard InChI is InChI=1S/C20H17NO4S2/c1-24-15-7-3-14(4-8-15)19-21-17(12-27-19)20(23)25-11-18(22)13-5-9-16(26-2)10-6-13/h3-10,12H,11H2,1-2H3. The van der Waals surface area contributed by atoms with Gasteiger partial charge < -0.3 is 9.47 Å². The van der Waals surface area contributed by atoms with E-state index in [2.05, 4.69) is 4.98 Å². The van der Waals surface area contributed by atoms with Crippen LogP contribution in [0.1, 0.15) is 20.8 Å².